The van der Waals surface area contributed by atoms with Gasteiger partial charge in [-0.3, -0.25) is 4.68 Å². The predicted molar refractivity (Wildman–Crippen MR) is 108 cm³/mol. The maximum Gasteiger partial charge on any atom is 0.165 e. The molecule has 0 saturated carbocycles. The summed E-state index contributed by atoms with van der Waals surface area (Å²) in [6.45, 7) is 1.76. The molecule has 0 fully saturated rings. The Balaban J connectivity index is 1.50. The van der Waals surface area contributed by atoms with Gasteiger partial charge in [0.15, 0.2) is 5.82 Å². The van der Waals surface area contributed by atoms with Gasteiger partial charge >= 0.3 is 0 Å². The third kappa shape index (κ3) is 3.65. The fourth-order valence-corrected chi connectivity index (χ4v) is 3.48. The first-order chi connectivity index (χ1) is 13.1. The number of anilines is 4. The first kappa shape index (κ1) is 17.2. The molecule has 0 amide bonds. The molecule has 1 aromatic carbocycles. The molecule has 27 heavy (non-hydrogen) atoms. The van der Waals surface area contributed by atoms with Gasteiger partial charge in [-0.1, -0.05) is 12.1 Å². The number of fused-ring (bicyclic) bond motifs is 1. The summed E-state index contributed by atoms with van der Waals surface area (Å²) in [6, 6.07) is 8.37. The molecule has 4 rings (SSSR count). The van der Waals surface area contributed by atoms with E-state index in [1.165, 1.54) is 23.2 Å². The second-order valence-corrected chi connectivity index (χ2v) is 6.86. The number of nitrogen functional groups attached to an aromatic ring is 3. The minimum atomic E-state index is 0.376. The minimum Gasteiger partial charge on any atom is -0.395 e. The highest BCUT2D eigenvalue weighted by Crippen LogP contribution is 2.25. The number of hydrazine groups is 1. The van der Waals surface area contributed by atoms with Gasteiger partial charge in [0, 0.05) is 24.8 Å². The van der Waals surface area contributed by atoms with E-state index in [-0.39, 0.29) is 0 Å². The van der Waals surface area contributed by atoms with Crippen LogP contribution in [0.25, 0.3) is 0 Å². The van der Waals surface area contributed by atoms with E-state index in [4.69, 9.17) is 17.3 Å². The smallest absolute Gasteiger partial charge is 0.165 e. The van der Waals surface area contributed by atoms with E-state index in [2.05, 4.69) is 39.0 Å². The van der Waals surface area contributed by atoms with Crippen LogP contribution in [0.15, 0.2) is 36.7 Å². The topological polar surface area (TPSA) is 133 Å². The van der Waals surface area contributed by atoms with Gasteiger partial charge < -0.3 is 22.2 Å². The Morgan fingerprint density at radius 2 is 2.07 bits per heavy atom. The van der Waals surface area contributed by atoms with Crippen molar-refractivity contribution in [2.45, 2.75) is 25.8 Å². The molecular weight excluding hydrogens is 340 g/mol. The lowest BCUT2D eigenvalue weighted by Crippen LogP contribution is -2.13. The van der Waals surface area contributed by atoms with Gasteiger partial charge in [-0.05, 0) is 47.2 Å². The molecule has 0 bridgehead atoms. The summed E-state index contributed by atoms with van der Waals surface area (Å²) in [7, 11) is 0. The SMILES string of the molecule is NNc1nc(N)cc(Cc2cnn(Cc3ccc4c(c3)NCCC4)c2)c1N. The molecule has 0 unspecified atom stereocenters. The van der Waals surface area contributed by atoms with Crippen LogP contribution < -0.4 is 28.1 Å². The number of nitrogens with zero attached hydrogens (tertiary/aromatic N) is 3. The van der Waals surface area contributed by atoms with Crippen LogP contribution in [-0.4, -0.2) is 21.3 Å². The molecule has 1 aliphatic rings. The number of rotatable bonds is 5. The highest BCUT2D eigenvalue weighted by molar-refractivity contribution is 5.68. The van der Waals surface area contributed by atoms with Crippen LogP contribution in [-0.2, 0) is 19.4 Å². The van der Waals surface area contributed by atoms with Crippen molar-refractivity contribution >= 4 is 23.0 Å². The Kier molecular flexibility index (Phi) is 4.55. The summed E-state index contributed by atoms with van der Waals surface area (Å²) in [5, 5.41) is 7.95. The summed E-state index contributed by atoms with van der Waals surface area (Å²) in [5.41, 5.74) is 20.7. The number of benzene rings is 1. The number of nitrogens with two attached hydrogens (primary N) is 3. The highest BCUT2D eigenvalue weighted by Gasteiger charge is 2.11. The Bertz CT molecular complexity index is 962. The maximum atomic E-state index is 6.11. The average Bonchev–Trinajstić information content (AvgIpc) is 3.11. The van der Waals surface area contributed by atoms with Crippen molar-refractivity contribution in [2.75, 3.05) is 28.8 Å². The molecule has 2 aromatic heterocycles. The van der Waals surface area contributed by atoms with Crippen molar-refractivity contribution < 1.29 is 0 Å². The van der Waals surface area contributed by atoms with Gasteiger partial charge in [-0.25, -0.2) is 10.8 Å². The van der Waals surface area contributed by atoms with Crippen LogP contribution in [0.1, 0.15) is 28.7 Å². The first-order valence-corrected chi connectivity index (χ1v) is 9.01. The zero-order chi connectivity index (χ0) is 18.8. The lowest BCUT2D eigenvalue weighted by atomic mass is 10.0. The van der Waals surface area contributed by atoms with Crippen LogP contribution in [0.3, 0.4) is 0 Å². The molecule has 0 radical (unpaired) electrons. The summed E-state index contributed by atoms with van der Waals surface area (Å²) < 4.78 is 1.93. The van der Waals surface area contributed by atoms with Crippen molar-refractivity contribution in [2.24, 2.45) is 5.84 Å². The van der Waals surface area contributed by atoms with Gasteiger partial charge in [0.05, 0.1) is 18.4 Å². The normalized spacial score (nSPS) is 13.1. The van der Waals surface area contributed by atoms with E-state index in [1.807, 2.05) is 17.1 Å². The fourth-order valence-electron chi connectivity index (χ4n) is 3.48. The second-order valence-electron chi connectivity index (χ2n) is 6.86. The number of nitrogens with one attached hydrogen (secondary N) is 2. The minimum absolute atomic E-state index is 0.376. The van der Waals surface area contributed by atoms with Gasteiger partial charge in [0.25, 0.3) is 0 Å². The van der Waals surface area contributed by atoms with Crippen molar-refractivity contribution in [3.63, 3.8) is 0 Å². The number of hydrogen-bond donors (Lipinski definition) is 5. The monoisotopic (exact) mass is 364 g/mol. The highest BCUT2D eigenvalue weighted by atomic mass is 15.3. The van der Waals surface area contributed by atoms with Crippen molar-refractivity contribution in [1.82, 2.24) is 14.8 Å². The largest absolute Gasteiger partial charge is 0.395 e. The van der Waals surface area contributed by atoms with Gasteiger partial charge in [0.1, 0.15) is 5.82 Å². The third-order valence-electron chi connectivity index (χ3n) is 4.84. The van der Waals surface area contributed by atoms with Crippen LogP contribution >= 0.6 is 0 Å². The summed E-state index contributed by atoms with van der Waals surface area (Å²) >= 11 is 0. The number of aryl methyl sites for hydroxylation is 1. The van der Waals surface area contributed by atoms with Crippen LogP contribution in [0, 0.1) is 0 Å². The third-order valence-corrected chi connectivity index (χ3v) is 4.84. The molecule has 0 atom stereocenters. The lowest BCUT2D eigenvalue weighted by Gasteiger charge is -2.18. The quantitative estimate of drug-likeness (QED) is 0.344. The maximum absolute atomic E-state index is 6.11. The Morgan fingerprint density at radius 3 is 2.93 bits per heavy atom. The number of pyridine rings is 1. The molecule has 0 aliphatic carbocycles. The summed E-state index contributed by atoms with van der Waals surface area (Å²) in [6.07, 6.45) is 6.82. The van der Waals surface area contributed by atoms with Gasteiger partial charge in [-0.15, -0.1) is 0 Å². The predicted octanol–water partition coefficient (Wildman–Crippen LogP) is 1.73. The zero-order valence-electron chi connectivity index (χ0n) is 15.1. The first-order valence-electron chi connectivity index (χ1n) is 9.01. The molecule has 1 aliphatic heterocycles. The van der Waals surface area contributed by atoms with Gasteiger partial charge in [-0.2, -0.15) is 5.10 Å². The summed E-state index contributed by atoms with van der Waals surface area (Å²) in [5.74, 6) is 6.21. The van der Waals surface area contributed by atoms with E-state index >= 15 is 0 Å². The molecule has 140 valence electrons. The standard InChI is InChI=1S/C19H24N8/c20-17-8-15(18(21)19(25-17)26-22)6-13-9-24-27(11-13)10-12-3-4-14-2-1-5-23-16(14)7-12/h3-4,7-9,11,23H,1-2,5-6,10,21-22H2,(H3,20,25,26). The zero-order valence-corrected chi connectivity index (χ0v) is 15.1. The van der Waals surface area contributed by atoms with Crippen LogP contribution in [0.4, 0.5) is 23.0 Å². The molecule has 3 aromatic rings. The van der Waals surface area contributed by atoms with E-state index < -0.39 is 0 Å². The second kappa shape index (κ2) is 7.16. The molecule has 8 nitrogen and oxygen atoms in total. The van der Waals surface area contributed by atoms with E-state index in [0.29, 0.717) is 23.7 Å². The number of aromatic nitrogens is 3. The average molecular weight is 364 g/mol. The van der Waals surface area contributed by atoms with Crippen molar-refractivity contribution in [3.8, 4) is 0 Å². The Morgan fingerprint density at radius 1 is 1.19 bits per heavy atom. The number of hydrogen-bond acceptors (Lipinski definition) is 7. The van der Waals surface area contributed by atoms with Crippen LogP contribution in [0.2, 0.25) is 0 Å². The van der Waals surface area contributed by atoms with Crippen molar-refractivity contribution in [3.05, 3.63) is 58.9 Å². The molecule has 0 saturated heterocycles. The molecule has 0 spiro atoms. The Hall–Kier alpha value is -3.26. The molecule has 3 heterocycles. The molecule has 8 N–H and O–H groups in total. The van der Waals surface area contributed by atoms with Crippen LogP contribution in [0.5, 0.6) is 0 Å². The lowest BCUT2D eigenvalue weighted by molar-refractivity contribution is 0.685. The van der Waals surface area contributed by atoms with E-state index in [0.717, 1.165) is 30.6 Å². The van der Waals surface area contributed by atoms with Crippen molar-refractivity contribution in [1.29, 1.82) is 0 Å². The Labute approximate surface area is 157 Å². The van der Waals surface area contributed by atoms with E-state index in [1.54, 1.807) is 6.07 Å². The van der Waals surface area contributed by atoms with E-state index in [9.17, 15) is 0 Å². The fraction of sp³-hybridized carbons (Fsp3) is 0.263. The molecule has 8 heteroatoms. The molecular formula is C19H24N8. The van der Waals surface area contributed by atoms with Gasteiger partial charge in [0.2, 0.25) is 0 Å². The summed E-state index contributed by atoms with van der Waals surface area (Å²) in [4.78, 5) is 4.08.